The fourth-order valence-electron chi connectivity index (χ4n) is 2.16. The van der Waals surface area contributed by atoms with Crippen molar-refractivity contribution in [3.8, 4) is 5.69 Å². The summed E-state index contributed by atoms with van der Waals surface area (Å²) in [5, 5.41) is 10.2. The molecule has 6 nitrogen and oxygen atoms in total. The van der Waals surface area contributed by atoms with E-state index in [9.17, 15) is 4.79 Å². The minimum atomic E-state index is -0.204. The van der Waals surface area contributed by atoms with E-state index in [1.807, 2.05) is 60.7 Å². The lowest BCUT2D eigenvalue weighted by molar-refractivity contribution is -0.114. The molecule has 0 unspecified atom stereocenters. The van der Waals surface area contributed by atoms with Gasteiger partial charge >= 0.3 is 0 Å². The number of carbonyl (C=O) groups is 1. The normalized spacial score (nSPS) is 10.3. The predicted molar refractivity (Wildman–Crippen MR) is 89.4 cm³/mol. The maximum atomic E-state index is 11.2. The van der Waals surface area contributed by atoms with Crippen LogP contribution in [0, 0.1) is 0 Å². The van der Waals surface area contributed by atoms with Gasteiger partial charge in [-0.05, 0) is 17.7 Å². The Hall–Kier alpha value is -3.15. The van der Waals surface area contributed by atoms with Gasteiger partial charge in [-0.25, -0.2) is 0 Å². The van der Waals surface area contributed by atoms with Gasteiger partial charge in [-0.15, -0.1) is 5.10 Å². The molecular formula is C17H17N5O. The molecule has 0 spiro atoms. The largest absolute Gasteiger partial charge is 0.350 e. The molecule has 0 fully saturated rings. The number of hydrogen-bond acceptors (Lipinski definition) is 4. The number of nitrogens with one attached hydrogen (secondary N) is 2. The van der Waals surface area contributed by atoms with E-state index in [-0.39, 0.29) is 11.9 Å². The number of benzene rings is 2. The summed E-state index contributed by atoms with van der Waals surface area (Å²) in [6.07, 6.45) is 0. The number of anilines is 2. The van der Waals surface area contributed by atoms with Crippen molar-refractivity contribution in [1.29, 1.82) is 0 Å². The van der Waals surface area contributed by atoms with Crippen LogP contribution in [0.5, 0.6) is 0 Å². The Balaban J connectivity index is 1.87. The molecule has 0 radical (unpaired) electrons. The van der Waals surface area contributed by atoms with Gasteiger partial charge in [-0.3, -0.25) is 10.1 Å². The minimum absolute atomic E-state index is 0.204. The molecule has 1 heterocycles. The van der Waals surface area contributed by atoms with Gasteiger partial charge in [0.25, 0.3) is 5.95 Å². The summed E-state index contributed by atoms with van der Waals surface area (Å²) in [6, 6.07) is 19.7. The van der Waals surface area contributed by atoms with Gasteiger partial charge < -0.3 is 5.32 Å². The minimum Gasteiger partial charge on any atom is -0.350 e. The second kappa shape index (κ2) is 6.74. The van der Waals surface area contributed by atoms with Gasteiger partial charge in [0.1, 0.15) is 0 Å². The lowest BCUT2D eigenvalue weighted by Crippen LogP contribution is -2.08. The van der Waals surface area contributed by atoms with Crippen LogP contribution in [-0.2, 0) is 11.3 Å². The van der Waals surface area contributed by atoms with Crippen molar-refractivity contribution >= 4 is 17.8 Å². The zero-order valence-electron chi connectivity index (χ0n) is 12.7. The van der Waals surface area contributed by atoms with Crippen molar-refractivity contribution in [2.75, 3.05) is 10.6 Å². The molecule has 3 rings (SSSR count). The highest BCUT2D eigenvalue weighted by Gasteiger charge is 2.12. The van der Waals surface area contributed by atoms with E-state index < -0.39 is 0 Å². The van der Waals surface area contributed by atoms with E-state index in [2.05, 4.69) is 20.7 Å². The van der Waals surface area contributed by atoms with Crippen LogP contribution in [0.15, 0.2) is 60.7 Å². The quantitative estimate of drug-likeness (QED) is 0.760. The standard InChI is InChI=1S/C17H17N5O/c1-13(23)19-16-20-17(18-12-14-8-4-2-5-9-14)22(21-16)15-10-6-3-7-11-15/h2-11H,12H2,1H3,(H2,18,19,20,21,23). The molecule has 0 saturated carbocycles. The first-order chi connectivity index (χ1) is 11.2. The molecule has 116 valence electrons. The third kappa shape index (κ3) is 3.74. The summed E-state index contributed by atoms with van der Waals surface area (Å²) in [6.45, 7) is 2.05. The van der Waals surface area contributed by atoms with Crippen LogP contribution >= 0.6 is 0 Å². The predicted octanol–water partition coefficient (Wildman–Crippen LogP) is 2.84. The van der Waals surface area contributed by atoms with E-state index in [1.165, 1.54) is 6.92 Å². The number of aromatic nitrogens is 3. The molecular weight excluding hydrogens is 290 g/mol. The number of carbonyl (C=O) groups excluding carboxylic acids is 1. The van der Waals surface area contributed by atoms with Crippen molar-refractivity contribution in [3.63, 3.8) is 0 Å². The number of nitrogens with zero attached hydrogens (tertiary/aromatic N) is 3. The molecule has 0 aliphatic rings. The van der Waals surface area contributed by atoms with Crippen LogP contribution in [0.2, 0.25) is 0 Å². The molecule has 2 aromatic carbocycles. The van der Waals surface area contributed by atoms with Crippen molar-refractivity contribution < 1.29 is 4.79 Å². The first kappa shape index (κ1) is 14.8. The molecule has 1 aromatic heterocycles. The Morgan fingerprint density at radius 3 is 2.35 bits per heavy atom. The highest BCUT2D eigenvalue weighted by Crippen LogP contribution is 2.16. The Morgan fingerprint density at radius 2 is 1.70 bits per heavy atom. The third-order valence-corrected chi connectivity index (χ3v) is 3.19. The molecule has 3 aromatic rings. The van der Waals surface area contributed by atoms with Gasteiger partial charge in [-0.1, -0.05) is 48.5 Å². The molecule has 0 bridgehead atoms. The zero-order chi connectivity index (χ0) is 16.1. The van der Waals surface area contributed by atoms with E-state index in [0.717, 1.165) is 11.3 Å². The molecule has 0 aliphatic carbocycles. The summed E-state index contributed by atoms with van der Waals surface area (Å²) in [4.78, 5) is 15.6. The fourth-order valence-corrected chi connectivity index (χ4v) is 2.16. The zero-order valence-corrected chi connectivity index (χ0v) is 12.7. The summed E-state index contributed by atoms with van der Waals surface area (Å²) in [7, 11) is 0. The molecule has 0 aliphatic heterocycles. The Kier molecular flexibility index (Phi) is 4.33. The average Bonchev–Trinajstić information content (AvgIpc) is 2.97. The van der Waals surface area contributed by atoms with Gasteiger partial charge in [0.15, 0.2) is 0 Å². The average molecular weight is 307 g/mol. The smallest absolute Gasteiger partial charge is 0.251 e. The topological polar surface area (TPSA) is 71.8 Å². The number of para-hydroxylation sites is 1. The van der Waals surface area contributed by atoms with E-state index >= 15 is 0 Å². The highest BCUT2D eigenvalue weighted by molar-refractivity contribution is 5.86. The van der Waals surface area contributed by atoms with Crippen LogP contribution in [0.25, 0.3) is 5.69 Å². The van der Waals surface area contributed by atoms with Crippen LogP contribution in [-0.4, -0.2) is 20.7 Å². The first-order valence-corrected chi connectivity index (χ1v) is 7.30. The molecule has 0 saturated heterocycles. The summed E-state index contributed by atoms with van der Waals surface area (Å²) >= 11 is 0. The van der Waals surface area contributed by atoms with Crippen LogP contribution in [0.1, 0.15) is 12.5 Å². The second-order valence-corrected chi connectivity index (χ2v) is 5.03. The third-order valence-electron chi connectivity index (χ3n) is 3.19. The van der Waals surface area contributed by atoms with E-state index in [1.54, 1.807) is 4.68 Å². The van der Waals surface area contributed by atoms with Crippen molar-refractivity contribution in [3.05, 3.63) is 66.2 Å². The van der Waals surface area contributed by atoms with Crippen molar-refractivity contribution in [1.82, 2.24) is 14.8 Å². The number of amides is 1. The van der Waals surface area contributed by atoms with Gasteiger partial charge in [0.2, 0.25) is 11.9 Å². The number of rotatable bonds is 5. The Bertz CT molecular complexity index is 783. The molecule has 0 atom stereocenters. The number of hydrogen-bond donors (Lipinski definition) is 2. The SMILES string of the molecule is CC(=O)Nc1nc(NCc2ccccc2)n(-c2ccccc2)n1. The summed E-state index contributed by atoms with van der Waals surface area (Å²) < 4.78 is 1.67. The Morgan fingerprint density at radius 1 is 1.04 bits per heavy atom. The van der Waals surface area contributed by atoms with Crippen molar-refractivity contribution in [2.24, 2.45) is 0 Å². The molecule has 23 heavy (non-hydrogen) atoms. The highest BCUT2D eigenvalue weighted by atomic mass is 16.1. The Labute approximate surface area is 134 Å². The van der Waals surface area contributed by atoms with Crippen LogP contribution < -0.4 is 10.6 Å². The summed E-state index contributed by atoms with van der Waals surface area (Å²) in [5.41, 5.74) is 2.00. The molecule has 1 amide bonds. The maximum absolute atomic E-state index is 11.2. The maximum Gasteiger partial charge on any atom is 0.251 e. The van der Waals surface area contributed by atoms with Crippen LogP contribution in [0.4, 0.5) is 11.9 Å². The summed E-state index contributed by atoms with van der Waals surface area (Å²) in [5.74, 6) is 0.644. The second-order valence-electron chi connectivity index (χ2n) is 5.03. The molecule has 6 heteroatoms. The molecule has 2 N–H and O–H groups in total. The lowest BCUT2D eigenvalue weighted by Gasteiger charge is -2.07. The van der Waals surface area contributed by atoms with Crippen molar-refractivity contribution in [2.45, 2.75) is 13.5 Å². The van der Waals surface area contributed by atoms with Gasteiger partial charge in [-0.2, -0.15) is 9.67 Å². The van der Waals surface area contributed by atoms with Gasteiger partial charge in [0, 0.05) is 13.5 Å². The van der Waals surface area contributed by atoms with Crippen LogP contribution in [0.3, 0.4) is 0 Å². The monoisotopic (exact) mass is 307 g/mol. The van der Waals surface area contributed by atoms with E-state index in [0.29, 0.717) is 12.5 Å². The van der Waals surface area contributed by atoms with Gasteiger partial charge in [0.05, 0.1) is 5.69 Å². The lowest BCUT2D eigenvalue weighted by atomic mass is 10.2. The fraction of sp³-hybridized carbons (Fsp3) is 0.118. The van der Waals surface area contributed by atoms with E-state index in [4.69, 9.17) is 0 Å². The first-order valence-electron chi connectivity index (χ1n) is 7.30.